The zero-order chi connectivity index (χ0) is 21.5. The van der Waals surface area contributed by atoms with Gasteiger partial charge in [-0.3, -0.25) is 10.1 Å². The van der Waals surface area contributed by atoms with E-state index in [2.05, 4.69) is 10.6 Å². The Balaban J connectivity index is 1.90. The van der Waals surface area contributed by atoms with E-state index in [9.17, 15) is 4.79 Å². The largest absolute Gasteiger partial charge is 0.358 e. The Labute approximate surface area is 192 Å². The number of hydrogen-bond donors (Lipinski definition) is 2. The summed E-state index contributed by atoms with van der Waals surface area (Å²) in [4.78, 5) is 12.7. The molecule has 0 aliphatic heterocycles. The van der Waals surface area contributed by atoms with Crippen molar-refractivity contribution in [3.8, 4) is 0 Å². The predicted octanol–water partition coefficient (Wildman–Crippen LogP) is 6.40. The number of likely N-dealkylation sites (N-methyl/N-ethyl adjacent to an activating group) is 1. The fraction of sp³-hybridized carbons (Fsp3) is 0.208. The molecule has 3 aromatic rings. The second kappa shape index (κ2) is 10.8. The molecule has 0 spiro atoms. The average Bonchev–Trinajstić information content (AvgIpc) is 2.76. The first-order valence-electron chi connectivity index (χ1n) is 9.70. The normalized spacial score (nSPS) is 12.9. The van der Waals surface area contributed by atoms with Gasteiger partial charge in [0, 0.05) is 28.2 Å². The Bertz CT molecular complexity index is 978. The van der Waals surface area contributed by atoms with E-state index in [4.69, 9.17) is 34.8 Å². The summed E-state index contributed by atoms with van der Waals surface area (Å²) < 4.78 is 0. The minimum Gasteiger partial charge on any atom is -0.358 e. The molecule has 0 aliphatic carbocycles. The maximum atomic E-state index is 12.7. The van der Waals surface area contributed by atoms with Gasteiger partial charge < -0.3 is 5.32 Å². The van der Waals surface area contributed by atoms with Gasteiger partial charge in [0.1, 0.15) is 6.04 Å². The van der Waals surface area contributed by atoms with E-state index < -0.39 is 6.04 Å². The monoisotopic (exact) mass is 460 g/mol. The predicted molar refractivity (Wildman–Crippen MR) is 125 cm³/mol. The highest BCUT2D eigenvalue weighted by Gasteiger charge is 2.25. The second-order valence-corrected chi connectivity index (χ2v) is 8.29. The molecule has 3 aromatic carbocycles. The first kappa shape index (κ1) is 22.6. The molecule has 0 fully saturated rings. The van der Waals surface area contributed by atoms with Gasteiger partial charge in [-0.1, -0.05) is 83.3 Å². The van der Waals surface area contributed by atoms with Gasteiger partial charge in [-0.05, 0) is 53.8 Å². The van der Waals surface area contributed by atoms with Gasteiger partial charge in [-0.15, -0.1) is 0 Å². The average molecular weight is 462 g/mol. The number of rotatable bonds is 8. The van der Waals surface area contributed by atoms with Crippen molar-refractivity contribution in [2.75, 3.05) is 7.05 Å². The van der Waals surface area contributed by atoms with E-state index in [-0.39, 0.29) is 11.9 Å². The summed E-state index contributed by atoms with van der Waals surface area (Å²) in [5, 5.41) is 8.12. The van der Waals surface area contributed by atoms with Crippen molar-refractivity contribution in [3.63, 3.8) is 0 Å². The molecule has 1 amide bonds. The van der Waals surface area contributed by atoms with Crippen molar-refractivity contribution in [1.29, 1.82) is 0 Å². The zero-order valence-electron chi connectivity index (χ0n) is 16.5. The van der Waals surface area contributed by atoms with Gasteiger partial charge in [0.2, 0.25) is 5.91 Å². The van der Waals surface area contributed by atoms with Gasteiger partial charge in [0.05, 0.1) is 0 Å². The van der Waals surface area contributed by atoms with E-state index in [0.717, 1.165) is 29.5 Å². The smallest absolute Gasteiger partial charge is 0.241 e. The van der Waals surface area contributed by atoms with Gasteiger partial charge >= 0.3 is 0 Å². The fourth-order valence-electron chi connectivity index (χ4n) is 3.39. The molecular formula is C24H23Cl3N2O. The van der Waals surface area contributed by atoms with Gasteiger partial charge in [-0.2, -0.15) is 0 Å². The van der Waals surface area contributed by atoms with Crippen molar-refractivity contribution in [1.82, 2.24) is 10.6 Å². The number of hydrogen-bond acceptors (Lipinski definition) is 2. The first-order valence-corrected chi connectivity index (χ1v) is 10.8. The maximum absolute atomic E-state index is 12.7. The maximum Gasteiger partial charge on any atom is 0.241 e. The molecule has 0 radical (unpaired) electrons. The Morgan fingerprint density at radius 1 is 0.900 bits per heavy atom. The molecule has 0 aliphatic rings. The Kier molecular flexibility index (Phi) is 8.17. The lowest BCUT2D eigenvalue weighted by Crippen LogP contribution is -2.38. The molecule has 0 heterocycles. The van der Waals surface area contributed by atoms with E-state index in [1.807, 2.05) is 66.7 Å². The molecule has 0 saturated heterocycles. The van der Waals surface area contributed by atoms with Crippen LogP contribution in [0, 0.1) is 0 Å². The Hall–Kier alpha value is -2.04. The third kappa shape index (κ3) is 5.99. The highest BCUT2D eigenvalue weighted by Crippen LogP contribution is 2.31. The molecule has 156 valence electrons. The molecule has 3 rings (SSSR count). The van der Waals surface area contributed by atoms with Crippen LogP contribution in [0.4, 0.5) is 0 Å². The quantitative estimate of drug-likeness (QED) is 0.407. The van der Waals surface area contributed by atoms with E-state index in [1.54, 1.807) is 13.1 Å². The van der Waals surface area contributed by atoms with Crippen molar-refractivity contribution in [2.45, 2.75) is 24.9 Å². The number of amides is 1. The summed E-state index contributed by atoms with van der Waals surface area (Å²) in [5.74, 6) is -0.109. The van der Waals surface area contributed by atoms with Crippen molar-refractivity contribution in [2.24, 2.45) is 0 Å². The van der Waals surface area contributed by atoms with E-state index in [1.165, 1.54) is 0 Å². The lowest BCUT2D eigenvalue weighted by Gasteiger charge is -2.26. The summed E-state index contributed by atoms with van der Waals surface area (Å²) in [6.45, 7) is 0. The number of nitrogens with one attached hydrogen (secondary N) is 2. The van der Waals surface area contributed by atoms with Crippen LogP contribution in [0.1, 0.15) is 35.2 Å². The van der Waals surface area contributed by atoms with Crippen LogP contribution in [-0.2, 0) is 11.2 Å². The minimum absolute atomic E-state index is 0.109. The van der Waals surface area contributed by atoms with E-state index >= 15 is 0 Å². The zero-order valence-corrected chi connectivity index (χ0v) is 18.8. The molecule has 2 unspecified atom stereocenters. The highest BCUT2D eigenvalue weighted by molar-refractivity contribution is 6.35. The van der Waals surface area contributed by atoms with Gasteiger partial charge in [0.15, 0.2) is 0 Å². The highest BCUT2D eigenvalue weighted by atomic mass is 35.5. The van der Waals surface area contributed by atoms with Crippen molar-refractivity contribution < 1.29 is 4.79 Å². The molecule has 0 aromatic heterocycles. The van der Waals surface area contributed by atoms with Crippen LogP contribution in [0.3, 0.4) is 0 Å². The number of halogens is 3. The van der Waals surface area contributed by atoms with E-state index in [0.29, 0.717) is 15.1 Å². The van der Waals surface area contributed by atoms with Crippen LogP contribution in [0.25, 0.3) is 0 Å². The SMILES string of the molecule is CNC(=O)C(NC(CCc1ccc(Cl)cc1)c1ccc(Cl)cc1Cl)c1ccccc1. The molecule has 30 heavy (non-hydrogen) atoms. The Morgan fingerprint density at radius 2 is 1.57 bits per heavy atom. The van der Waals surface area contributed by atoms with Gasteiger partial charge in [0.25, 0.3) is 0 Å². The molecule has 0 saturated carbocycles. The van der Waals surface area contributed by atoms with Crippen LogP contribution >= 0.6 is 34.8 Å². The summed E-state index contributed by atoms with van der Waals surface area (Å²) in [5.41, 5.74) is 2.95. The Morgan fingerprint density at radius 3 is 2.20 bits per heavy atom. The van der Waals surface area contributed by atoms with Crippen LogP contribution in [-0.4, -0.2) is 13.0 Å². The first-order chi connectivity index (χ1) is 14.5. The lowest BCUT2D eigenvalue weighted by molar-refractivity contribution is -0.123. The molecular weight excluding hydrogens is 439 g/mol. The van der Waals surface area contributed by atoms with Crippen LogP contribution in [0.15, 0.2) is 72.8 Å². The third-order valence-corrected chi connectivity index (χ3v) is 5.80. The third-order valence-electron chi connectivity index (χ3n) is 4.98. The van der Waals surface area contributed by atoms with Crippen molar-refractivity contribution in [3.05, 3.63) is 105 Å². The van der Waals surface area contributed by atoms with Gasteiger partial charge in [-0.25, -0.2) is 0 Å². The molecule has 2 atom stereocenters. The molecule has 0 bridgehead atoms. The summed E-state index contributed by atoms with van der Waals surface area (Å²) in [6.07, 6.45) is 1.53. The number of benzene rings is 3. The standard InChI is InChI=1S/C24H23Cl3N2O/c1-28-24(30)23(17-5-3-2-4-6-17)29-22(20-13-12-19(26)15-21(20)27)14-9-16-7-10-18(25)11-8-16/h2-8,10-13,15,22-23,29H,9,14H2,1H3,(H,28,30). The van der Waals surface area contributed by atoms with Crippen LogP contribution < -0.4 is 10.6 Å². The topological polar surface area (TPSA) is 41.1 Å². The van der Waals surface area contributed by atoms with Crippen molar-refractivity contribution >= 4 is 40.7 Å². The molecule has 6 heteroatoms. The summed E-state index contributed by atoms with van der Waals surface area (Å²) in [6, 6.07) is 22.2. The second-order valence-electron chi connectivity index (χ2n) is 7.01. The summed E-state index contributed by atoms with van der Waals surface area (Å²) >= 11 is 18.6. The molecule has 3 nitrogen and oxygen atoms in total. The molecule has 2 N–H and O–H groups in total. The number of carbonyl (C=O) groups excluding carboxylic acids is 1. The number of aryl methyl sites for hydroxylation is 1. The number of carbonyl (C=O) groups is 1. The summed E-state index contributed by atoms with van der Waals surface area (Å²) in [7, 11) is 1.64. The van der Waals surface area contributed by atoms with Crippen LogP contribution in [0.5, 0.6) is 0 Å². The lowest BCUT2D eigenvalue weighted by atomic mass is 9.96. The van der Waals surface area contributed by atoms with Crippen LogP contribution in [0.2, 0.25) is 15.1 Å². The minimum atomic E-state index is -0.516. The fourth-order valence-corrected chi connectivity index (χ4v) is 4.06.